The highest BCUT2D eigenvalue weighted by Crippen LogP contribution is 2.37. The van der Waals surface area contributed by atoms with Crippen molar-refractivity contribution in [2.75, 3.05) is 17.7 Å². The summed E-state index contributed by atoms with van der Waals surface area (Å²) in [5.74, 6) is -1.33. The van der Waals surface area contributed by atoms with E-state index in [0.717, 1.165) is 31.2 Å². The number of rotatable bonds is 4. The van der Waals surface area contributed by atoms with Gasteiger partial charge in [-0.3, -0.25) is 0 Å². The van der Waals surface area contributed by atoms with Crippen LogP contribution in [0.4, 0.5) is 10.7 Å². The highest BCUT2D eigenvalue weighted by molar-refractivity contribution is 7.80. The van der Waals surface area contributed by atoms with Gasteiger partial charge in [0.15, 0.2) is 5.11 Å². The first-order valence-electron chi connectivity index (χ1n) is 9.14. The molecular weight excluding hydrogens is 396 g/mol. The molecule has 6 nitrogen and oxygen atoms in total. The number of thiophene rings is 1. The van der Waals surface area contributed by atoms with Gasteiger partial charge in [0.2, 0.25) is 0 Å². The van der Waals surface area contributed by atoms with Gasteiger partial charge in [-0.1, -0.05) is 12.8 Å². The van der Waals surface area contributed by atoms with Crippen molar-refractivity contribution in [3.8, 4) is 0 Å². The van der Waals surface area contributed by atoms with Crippen LogP contribution >= 0.6 is 23.6 Å². The molecule has 1 aliphatic rings. The molecular formula is C20H22N2O4S2. The predicted molar refractivity (Wildman–Crippen MR) is 115 cm³/mol. The summed E-state index contributed by atoms with van der Waals surface area (Å²) in [6, 6.07) is 6.30. The Hall–Kier alpha value is -2.45. The molecule has 0 saturated carbocycles. The van der Waals surface area contributed by atoms with Crippen molar-refractivity contribution in [2.24, 2.45) is 0 Å². The second-order valence-corrected chi connectivity index (χ2v) is 8.09. The first-order valence-corrected chi connectivity index (χ1v) is 10.4. The maximum Gasteiger partial charge on any atom is 0.341 e. The third-order valence-corrected chi connectivity index (χ3v) is 6.09. The average molecular weight is 419 g/mol. The molecule has 1 aliphatic carbocycles. The Morgan fingerprint density at radius 2 is 1.75 bits per heavy atom. The van der Waals surface area contributed by atoms with E-state index in [0.29, 0.717) is 21.4 Å². The molecule has 0 spiro atoms. The highest BCUT2D eigenvalue weighted by atomic mass is 32.1. The SMILES string of the molecule is COC(=O)c1c(NC(=S)Nc2ccc(C(=O)O)cc2)sc2c1CCCCCC2. The van der Waals surface area contributed by atoms with E-state index >= 15 is 0 Å². The van der Waals surface area contributed by atoms with Crippen molar-refractivity contribution in [1.82, 2.24) is 0 Å². The topological polar surface area (TPSA) is 87.7 Å². The summed E-state index contributed by atoms with van der Waals surface area (Å²) in [4.78, 5) is 24.6. The van der Waals surface area contributed by atoms with Gasteiger partial charge in [-0.25, -0.2) is 9.59 Å². The standard InChI is InChI=1S/C20H22N2O4S2/c1-26-19(25)16-14-6-4-2-3-5-7-15(14)28-17(16)22-20(27)21-13-10-8-12(9-11-13)18(23)24/h8-11H,2-7H2,1H3,(H,23,24)(H2,21,22,27). The highest BCUT2D eigenvalue weighted by Gasteiger charge is 2.25. The molecule has 148 valence electrons. The van der Waals surface area contributed by atoms with Crippen LogP contribution in [-0.4, -0.2) is 29.3 Å². The zero-order valence-electron chi connectivity index (χ0n) is 15.5. The number of nitrogens with one attached hydrogen (secondary N) is 2. The number of fused-ring (bicyclic) bond motifs is 1. The molecule has 8 heteroatoms. The summed E-state index contributed by atoms with van der Waals surface area (Å²) in [5, 5.41) is 16.2. The number of thiocarbonyl (C=S) groups is 1. The zero-order valence-corrected chi connectivity index (χ0v) is 17.2. The molecule has 3 N–H and O–H groups in total. The van der Waals surface area contributed by atoms with Crippen molar-refractivity contribution >= 4 is 51.3 Å². The smallest absolute Gasteiger partial charge is 0.341 e. The van der Waals surface area contributed by atoms with Crippen LogP contribution in [0.5, 0.6) is 0 Å². The number of hydrogen-bond acceptors (Lipinski definition) is 5. The molecule has 0 bridgehead atoms. The quantitative estimate of drug-likeness (QED) is 0.490. The van der Waals surface area contributed by atoms with Crippen LogP contribution in [0.25, 0.3) is 0 Å². The molecule has 0 fully saturated rings. The average Bonchev–Trinajstić information content (AvgIpc) is 2.97. The molecule has 1 aromatic heterocycles. The van der Waals surface area contributed by atoms with E-state index in [-0.39, 0.29) is 11.5 Å². The predicted octanol–water partition coefficient (Wildman–Crippen LogP) is 4.70. The van der Waals surface area contributed by atoms with Gasteiger partial charge < -0.3 is 20.5 Å². The van der Waals surface area contributed by atoms with E-state index in [9.17, 15) is 9.59 Å². The number of benzene rings is 1. The molecule has 1 aromatic carbocycles. The molecule has 0 atom stereocenters. The van der Waals surface area contributed by atoms with Gasteiger partial charge in [-0.2, -0.15) is 0 Å². The van der Waals surface area contributed by atoms with E-state index in [1.54, 1.807) is 23.5 Å². The maximum absolute atomic E-state index is 12.4. The van der Waals surface area contributed by atoms with Crippen LogP contribution in [0, 0.1) is 0 Å². The molecule has 1 heterocycles. The largest absolute Gasteiger partial charge is 0.478 e. The summed E-state index contributed by atoms with van der Waals surface area (Å²) in [7, 11) is 1.39. The Morgan fingerprint density at radius 1 is 1.07 bits per heavy atom. The minimum Gasteiger partial charge on any atom is -0.478 e. The van der Waals surface area contributed by atoms with E-state index in [4.69, 9.17) is 22.1 Å². The number of carboxylic acids is 1. The molecule has 0 aliphatic heterocycles. The van der Waals surface area contributed by atoms with Gasteiger partial charge in [-0.05, 0) is 67.7 Å². The second-order valence-electron chi connectivity index (χ2n) is 6.58. The van der Waals surface area contributed by atoms with Gasteiger partial charge in [0.25, 0.3) is 0 Å². The van der Waals surface area contributed by atoms with Crippen molar-refractivity contribution in [1.29, 1.82) is 0 Å². The maximum atomic E-state index is 12.4. The summed E-state index contributed by atoms with van der Waals surface area (Å²) < 4.78 is 5.02. The fourth-order valence-corrected chi connectivity index (χ4v) is 4.85. The van der Waals surface area contributed by atoms with Crippen LogP contribution in [0.15, 0.2) is 24.3 Å². The van der Waals surface area contributed by atoms with Gasteiger partial charge in [0, 0.05) is 10.6 Å². The van der Waals surface area contributed by atoms with Crippen LogP contribution < -0.4 is 10.6 Å². The third-order valence-electron chi connectivity index (χ3n) is 4.68. The fraction of sp³-hybridized carbons (Fsp3) is 0.350. The van der Waals surface area contributed by atoms with Gasteiger partial charge >= 0.3 is 11.9 Å². The zero-order chi connectivity index (χ0) is 20.1. The second kappa shape index (κ2) is 9.16. The van der Waals surface area contributed by atoms with Crippen molar-refractivity contribution in [3.05, 3.63) is 45.8 Å². The number of aryl methyl sites for hydroxylation is 1. The number of carbonyl (C=O) groups excluding carboxylic acids is 1. The van der Waals surface area contributed by atoms with Crippen molar-refractivity contribution in [2.45, 2.75) is 38.5 Å². The van der Waals surface area contributed by atoms with Gasteiger partial charge in [0.05, 0.1) is 18.2 Å². The summed E-state index contributed by atoms with van der Waals surface area (Å²) in [5.41, 5.74) is 2.52. The number of esters is 1. The van der Waals surface area contributed by atoms with Gasteiger partial charge in [0.1, 0.15) is 5.00 Å². The Morgan fingerprint density at radius 3 is 2.39 bits per heavy atom. The summed E-state index contributed by atoms with van der Waals surface area (Å²) in [6.07, 6.45) is 6.39. The Bertz CT molecular complexity index is 890. The fourth-order valence-electron chi connectivity index (χ4n) is 3.29. The number of carbonyl (C=O) groups is 2. The lowest BCUT2D eigenvalue weighted by Gasteiger charge is -2.12. The number of anilines is 2. The molecule has 0 radical (unpaired) electrons. The number of ether oxygens (including phenoxy) is 1. The van der Waals surface area contributed by atoms with E-state index in [2.05, 4.69) is 10.6 Å². The van der Waals surface area contributed by atoms with Crippen LogP contribution in [0.3, 0.4) is 0 Å². The normalized spacial score (nSPS) is 13.6. The third kappa shape index (κ3) is 4.69. The number of carboxylic acid groups (broad SMARTS) is 1. The van der Waals surface area contributed by atoms with Crippen molar-refractivity contribution < 1.29 is 19.4 Å². The van der Waals surface area contributed by atoms with Crippen molar-refractivity contribution in [3.63, 3.8) is 0 Å². The lowest BCUT2D eigenvalue weighted by molar-refractivity contribution is 0.0600. The molecule has 28 heavy (non-hydrogen) atoms. The Kier molecular flexibility index (Phi) is 6.64. The van der Waals surface area contributed by atoms with Crippen LogP contribution in [0.2, 0.25) is 0 Å². The Labute approximate surface area is 172 Å². The van der Waals surface area contributed by atoms with Crippen LogP contribution in [-0.2, 0) is 17.6 Å². The lowest BCUT2D eigenvalue weighted by atomic mass is 9.96. The molecule has 0 unspecified atom stereocenters. The summed E-state index contributed by atoms with van der Waals surface area (Å²) >= 11 is 6.95. The monoisotopic (exact) mass is 418 g/mol. The number of aromatic carboxylic acids is 1. The Balaban J connectivity index is 1.80. The van der Waals surface area contributed by atoms with Crippen LogP contribution in [0.1, 0.15) is 56.8 Å². The molecule has 0 saturated heterocycles. The number of methoxy groups -OCH3 is 1. The minimum absolute atomic E-state index is 0.204. The van der Waals surface area contributed by atoms with E-state index in [1.165, 1.54) is 37.0 Å². The first kappa shape index (κ1) is 20.3. The lowest BCUT2D eigenvalue weighted by Crippen LogP contribution is -2.20. The molecule has 2 aromatic rings. The minimum atomic E-state index is -0.981. The van der Waals surface area contributed by atoms with E-state index in [1.807, 2.05) is 0 Å². The molecule has 0 amide bonds. The van der Waals surface area contributed by atoms with E-state index < -0.39 is 5.97 Å². The summed E-state index contributed by atoms with van der Waals surface area (Å²) in [6.45, 7) is 0. The first-order chi connectivity index (χ1) is 13.5. The molecule has 3 rings (SSSR count). The van der Waals surface area contributed by atoms with Gasteiger partial charge in [-0.15, -0.1) is 11.3 Å². The number of hydrogen-bond donors (Lipinski definition) is 3.